The van der Waals surface area contributed by atoms with E-state index < -0.39 is 5.41 Å². The Morgan fingerprint density at radius 1 is 1.24 bits per heavy atom. The van der Waals surface area contributed by atoms with Crippen LogP contribution in [0.1, 0.15) is 32.1 Å². The Labute approximate surface area is 177 Å². The fourth-order valence-electron chi connectivity index (χ4n) is 3.00. The predicted molar refractivity (Wildman–Crippen MR) is 118 cm³/mol. The Balaban J connectivity index is 1.53. The van der Waals surface area contributed by atoms with Crippen LogP contribution in [0.2, 0.25) is 0 Å². The third-order valence-electron chi connectivity index (χ3n) is 4.78. The third kappa shape index (κ3) is 6.26. The van der Waals surface area contributed by atoms with Crippen molar-refractivity contribution < 1.29 is 14.3 Å². The van der Waals surface area contributed by atoms with Gasteiger partial charge in [0.25, 0.3) is 0 Å². The van der Waals surface area contributed by atoms with E-state index in [4.69, 9.17) is 14.5 Å². The highest BCUT2D eigenvalue weighted by atomic mass is 32.1. The van der Waals surface area contributed by atoms with Gasteiger partial charge in [0.15, 0.2) is 5.13 Å². The van der Waals surface area contributed by atoms with Gasteiger partial charge in [-0.25, -0.2) is 4.98 Å². The third-order valence-corrected chi connectivity index (χ3v) is 5.71. The number of rotatable bonds is 7. The van der Waals surface area contributed by atoms with Crippen LogP contribution in [0.3, 0.4) is 0 Å². The number of ether oxygens (including phenoxy) is 2. The van der Waals surface area contributed by atoms with Crippen molar-refractivity contribution in [1.82, 2.24) is 9.88 Å². The minimum atomic E-state index is -0.521. The first-order valence-electron chi connectivity index (χ1n) is 10.2. The first kappa shape index (κ1) is 21.7. The number of nitrogens with zero attached hydrogens (tertiary/aromatic N) is 2. The number of hydrogen-bond acceptors (Lipinski definition) is 7. The summed E-state index contributed by atoms with van der Waals surface area (Å²) in [5, 5.41) is 4.40. The molecule has 0 bridgehead atoms. The second kappa shape index (κ2) is 9.69. The number of carbonyl (C=O) groups is 1. The lowest BCUT2D eigenvalue weighted by atomic mass is 9.97. The molecular weight excluding hydrogens is 386 g/mol. The van der Waals surface area contributed by atoms with Crippen LogP contribution in [0.4, 0.5) is 5.13 Å². The average Bonchev–Trinajstić information content (AvgIpc) is 3.06. The summed E-state index contributed by atoms with van der Waals surface area (Å²) in [4.78, 5) is 20.4. The minimum Gasteiger partial charge on any atom is -0.426 e. The number of aryl methyl sites for hydroxylation is 1. The number of benzene rings is 1. The number of hydrogen-bond donors (Lipinski definition) is 1. The maximum Gasteiger partial charge on any atom is 0.316 e. The van der Waals surface area contributed by atoms with Crippen molar-refractivity contribution in [3.63, 3.8) is 0 Å². The lowest BCUT2D eigenvalue weighted by Crippen LogP contribution is -2.37. The van der Waals surface area contributed by atoms with Gasteiger partial charge in [-0.2, -0.15) is 0 Å². The molecule has 7 heteroatoms. The van der Waals surface area contributed by atoms with Gasteiger partial charge in [0.2, 0.25) is 0 Å². The summed E-state index contributed by atoms with van der Waals surface area (Å²) in [7, 11) is 0. The van der Waals surface area contributed by atoms with Crippen molar-refractivity contribution in [2.75, 3.05) is 44.7 Å². The molecule has 1 aromatic heterocycles. The number of nitrogens with one attached hydrogen (secondary N) is 1. The highest BCUT2D eigenvalue weighted by molar-refractivity contribution is 7.16. The molecule has 1 aromatic carbocycles. The zero-order valence-electron chi connectivity index (χ0n) is 17.8. The second-order valence-corrected chi connectivity index (χ2v) is 9.53. The van der Waals surface area contributed by atoms with Gasteiger partial charge in [-0.1, -0.05) is 0 Å². The van der Waals surface area contributed by atoms with E-state index in [1.165, 1.54) is 4.88 Å². The van der Waals surface area contributed by atoms with E-state index in [9.17, 15) is 4.79 Å². The maximum absolute atomic E-state index is 12.0. The van der Waals surface area contributed by atoms with Gasteiger partial charge < -0.3 is 14.8 Å². The molecule has 0 amide bonds. The van der Waals surface area contributed by atoms with E-state index >= 15 is 0 Å². The zero-order valence-corrected chi connectivity index (χ0v) is 18.6. The zero-order chi connectivity index (χ0) is 20.9. The number of anilines is 1. The fraction of sp³-hybridized carbons (Fsp3) is 0.545. The minimum absolute atomic E-state index is 0.237. The summed E-state index contributed by atoms with van der Waals surface area (Å²) in [6.45, 7) is 13.4. The summed E-state index contributed by atoms with van der Waals surface area (Å²) < 4.78 is 10.8. The van der Waals surface area contributed by atoms with Crippen molar-refractivity contribution >= 4 is 22.4 Å². The predicted octanol–water partition coefficient (Wildman–Crippen LogP) is 4.20. The Morgan fingerprint density at radius 2 is 1.93 bits per heavy atom. The van der Waals surface area contributed by atoms with E-state index in [-0.39, 0.29) is 5.97 Å². The summed E-state index contributed by atoms with van der Waals surface area (Å²) in [5.41, 5.74) is 1.47. The van der Waals surface area contributed by atoms with Gasteiger partial charge in [-0.3, -0.25) is 9.69 Å². The van der Waals surface area contributed by atoms with Gasteiger partial charge in [0.1, 0.15) is 5.75 Å². The normalized spacial score (nSPS) is 15.3. The number of esters is 1. The molecule has 0 aliphatic carbocycles. The quantitative estimate of drug-likeness (QED) is 0.414. The summed E-state index contributed by atoms with van der Waals surface area (Å²) >= 11 is 1.67. The molecule has 1 aliphatic rings. The summed E-state index contributed by atoms with van der Waals surface area (Å²) in [5.74, 6) is 0.321. The molecule has 0 atom stereocenters. The van der Waals surface area contributed by atoms with Gasteiger partial charge in [0, 0.05) is 30.1 Å². The van der Waals surface area contributed by atoms with Crippen LogP contribution < -0.4 is 10.1 Å². The Bertz CT molecular complexity index is 806. The van der Waals surface area contributed by atoms with E-state index in [1.54, 1.807) is 11.3 Å². The van der Waals surface area contributed by atoms with Gasteiger partial charge >= 0.3 is 5.97 Å². The number of morpholine rings is 1. The second-order valence-electron chi connectivity index (χ2n) is 8.32. The number of carbonyl (C=O) groups excluding carboxylic acids is 1. The van der Waals surface area contributed by atoms with Crippen LogP contribution in [-0.2, 0) is 9.53 Å². The molecule has 0 spiro atoms. The molecule has 0 radical (unpaired) electrons. The fourth-order valence-corrected chi connectivity index (χ4v) is 3.86. The van der Waals surface area contributed by atoms with Crippen molar-refractivity contribution in [3.8, 4) is 17.0 Å². The molecule has 1 saturated heterocycles. The molecule has 158 valence electrons. The first-order chi connectivity index (χ1) is 13.8. The van der Waals surface area contributed by atoms with Crippen molar-refractivity contribution in [1.29, 1.82) is 0 Å². The van der Waals surface area contributed by atoms with Crippen LogP contribution >= 0.6 is 11.3 Å². The summed E-state index contributed by atoms with van der Waals surface area (Å²) in [6.07, 6.45) is 1.09. The molecule has 0 unspecified atom stereocenters. The molecule has 1 aliphatic heterocycles. The topological polar surface area (TPSA) is 63.7 Å². The van der Waals surface area contributed by atoms with E-state index in [2.05, 4.69) is 17.1 Å². The Hall–Kier alpha value is -1.96. The smallest absolute Gasteiger partial charge is 0.316 e. The molecule has 1 N–H and O–H groups in total. The van der Waals surface area contributed by atoms with Gasteiger partial charge in [0.05, 0.1) is 24.3 Å². The van der Waals surface area contributed by atoms with Crippen molar-refractivity contribution in [3.05, 3.63) is 29.1 Å². The number of aromatic nitrogens is 1. The molecule has 3 rings (SSSR count). The SMILES string of the molecule is Cc1sc(NCCCN2CCOCC2)nc1-c1ccc(OC(=O)C(C)(C)C)cc1. The molecule has 0 saturated carbocycles. The summed E-state index contributed by atoms with van der Waals surface area (Å²) in [6, 6.07) is 7.56. The van der Waals surface area contributed by atoms with Crippen molar-refractivity contribution in [2.45, 2.75) is 34.1 Å². The number of thiazole rings is 1. The van der Waals surface area contributed by atoms with Crippen molar-refractivity contribution in [2.24, 2.45) is 5.41 Å². The average molecular weight is 418 g/mol. The molecule has 1 fully saturated rings. The van der Waals surface area contributed by atoms with Gasteiger partial charge in [-0.15, -0.1) is 11.3 Å². The molecule has 29 heavy (non-hydrogen) atoms. The lowest BCUT2D eigenvalue weighted by Gasteiger charge is -2.26. The monoisotopic (exact) mass is 417 g/mol. The molecule has 6 nitrogen and oxygen atoms in total. The first-order valence-corrected chi connectivity index (χ1v) is 11.0. The van der Waals surface area contributed by atoms with Crippen LogP contribution in [0.5, 0.6) is 5.75 Å². The van der Waals surface area contributed by atoms with E-state index in [0.29, 0.717) is 5.75 Å². The Kier molecular flexibility index (Phi) is 7.27. The molecule has 2 aromatic rings. The van der Waals surface area contributed by atoms with Crippen LogP contribution in [0, 0.1) is 12.3 Å². The van der Waals surface area contributed by atoms with Gasteiger partial charge in [-0.05, 0) is 64.9 Å². The van der Waals surface area contributed by atoms with E-state index in [0.717, 1.165) is 62.2 Å². The molecule has 2 heterocycles. The highest BCUT2D eigenvalue weighted by Crippen LogP contribution is 2.31. The van der Waals surface area contributed by atoms with E-state index in [1.807, 2.05) is 45.0 Å². The highest BCUT2D eigenvalue weighted by Gasteiger charge is 2.23. The largest absolute Gasteiger partial charge is 0.426 e. The van der Waals surface area contributed by atoms with Crippen LogP contribution in [-0.4, -0.2) is 55.2 Å². The lowest BCUT2D eigenvalue weighted by molar-refractivity contribution is -0.142. The Morgan fingerprint density at radius 3 is 2.59 bits per heavy atom. The van der Waals surface area contributed by atoms with Crippen LogP contribution in [0.25, 0.3) is 11.3 Å². The van der Waals surface area contributed by atoms with Crippen LogP contribution in [0.15, 0.2) is 24.3 Å². The molecular formula is C22H31N3O3S. The standard InChI is InChI=1S/C22H31N3O3S/c1-16-19(17-6-8-18(9-7-17)28-20(26)22(2,3)4)24-21(29-16)23-10-5-11-25-12-14-27-15-13-25/h6-9H,5,10-15H2,1-4H3,(H,23,24). The maximum atomic E-state index is 12.0.